The third-order valence-corrected chi connectivity index (χ3v) is 6.43. The molecule has 4 nitrogen and oxygen atoms in total. The van der Waals surface area contributed by atoms with E-state index in [2.05, 4.69) is 27.7 Å². The average Bonchev–Trinajstić information content (AvgIpc) is 3.07. The van der Waals surface area contributed by atoms with Gasteiger partial charge in [-0.05, 0) is 42.8 Å². The molecule has 2 N–H and O–H groups in total. The summed E-state index contributed by atoms with van der Waals surface area (Å²) in [5.74, 6) is 1.48. The van der Waals surface area contributed by atoms with Crippen molar-refractivity contribution in [2.24, 2.45) is 0 Å². The fourth-order valence-electron chi connectivity index (χ4n) is 4.50. The highest BCUT2D eigenvalue weighted by Gasteiger charge is 2.39. The zero-order chi connectivity index (χ0) is 18.4. The molecule has 0 aromatic heterocycles. The number of piperazine rings is 1. The lowest BCUT2D eigenvalue weighted by Crippen LogP contribution is -2.43. The normalized spacial score (nSPS) is 24.3. The molecule has 2 aromatic rings. The van der Waals surface area contributed by atoms with E-state index in [0.717, 1.165) is 62.6 Å². The second-order valence-corrected chi connectivity index (χ2v) is 8.37. The lowest BCUT2D eigenvalue weighted by molar-refractivity contribution is 0.172. The van der Waals surface area contributed by atoms with Crippen LogP contribution >= 0.6 is 23.2 Å². The lowest BCUT2D eigenvalue weighted by atomic mass is 9.88. The van der Waals surface area contributed by atoms with Gasteiger partial charge in [-0.25, -0.2) is 0 Å². The smallest absolute Gasteiger partial charge is 0.146 e. The molecule has 6 heteroatoms. The fraction of sp³-hybridized carbons (Fsp3) is 0.429. The van der Waals surface area contributed by atoms with Gasteiger partial charge in [0.1, 0.15) is 11.9 Å². The maximum absolute atomic E-state index is 6.54. The van der Waals surface area contributed by atoms with Crippen molar-refractivity contribution in [1.82, 2.24) is 10.6 Å². The van der Waals surface area contributed by atoms with Gasteiger partial charge in [-0.15, -0.1) is 0 Å². The molecule has 0 bridgehead atoms. The van der Waals surface area contributed by atoms with E-state index in [9.17, 15) is 0 Å². The summed E-state index contributed by atoms with van der Waals surface area (Å²) in [4.78, 5) is 2.44. The summed E-state index contributed by atoms with van der Waals surface area (Å²) in [6.07, 6.45) is 1.33. The van der Waals surface area contributed by atoms with E-state index in [1.165, 1.54) is 11.3 Å². The van der Waals surface area contributed by atoms with Crippen molar-refractivity contribution in [1.29, 1.82) is 0 Å². The Hall–Kier alpha value is -1.46. The van der Waals surface area contributed by atoms with Gasteiger partial charge < -0.3 is 20.3 Å². The Morgan fingerprint density at radius 3 is 2.67 bits per heavy atom. The minimum Gasteiger partial charge on any atom is -0.487 e. The van der Waals surface area contributed by atoms with E-state index in [1.54, 1.807) is 0 Å². The molecule has 5 rings (SSSR count). The second kappa shape index (κ2) is 7.17. The number of anilines is 1. The standard InChI is InChI=1S/C21H23Cl2N3O/c22-14-1-2-15(18(23)11-14)13-9-16-17-12-25-4-3-20(17)27-21(16)19(10-13)26-7-5-24-6-8-26/h1-2,9-11,17,20,24-25H,3-8,12H2/t17-,20-/m0/s1. The largest absolute Gasteiger partial charge is 0.487 e. The minimum absolute atomic E-state index is 0.277. The maximum Gasteiger partial charge on any atom is 0.146 e. The summed E-state index contributed by atoms with van der Waals surface area (Å²) in [5.41, 5.74) is 4.67. The summed E-state index contributed by atoms with van der Waals surface area (Å²) in [6, 6.07) is 10.2. The molecule has 0 amide bonds. The van der Waals surface area contributed by atoms with Crippen LogP contribution in [-0.2, 0) is 0 Å². The fourth-order valence-corrected chi connectivity index (χ4v) is 5.01. The third kappa shape index (κ3) is 3.19. The van der Waals surface area contributed by atoms with Gasteiger partial charge in [0.25, 0.3) is 0 Å². The Bertz CT molecular complexity index is 867. The van der Waals surface area contributed by atoms with Crippen LogP contribution in [0.1, 0.15) is 17.9 Å². The highest BCUT2D eigenvalue weighted by Crippen LogP contribution is 2.49. The van der Waals surface area contributed by atoms with Crippen LogP contribution in [0.25, 0.3) is 11.1 Å². The summed E-state index contributed by atoms with van der Waals surface area (Å²) < 4.78 is 6.48. The van der Waals surface area contributed by atoms with Crippen LogP contribution in [-0.4, -0.2) is 45.4 Å². The van der Waals surface area contributed by atoms with Gasteiger partial charge in [0, 0.05) is 59.8 Å². The molecule has 2 saturated heterocycles. The van der Waals surface area contributed by atoms with Crippen molar-refractivity contribution in [3.05, 3.63) is 45.9 Å². The third-order valence-electron chi connectivity index (χ3n) is 5.89. The van der Waals surface area contributed by atoms with Gasteiger partial charge in [0.15, 0.2) is 0 Å². The highest BCUT2D eigenvalue weighted by molar-refractivity contribution is 6.36. The molecule has 2 atom stereocenters. The first-order valence-electron chi connectivity index (χ1n) is 9.67. The van der Waals surface area contributed by atoms with E-state index in [-0.39, 0.29) is 6.10 Å². The molecule has 2 fully saturated rings. The Balaban J connectivity index is 1.64. The van der Waals surface area contributed by atoms with Crippen LogP contribution in [0.3, 0.4) is 0 Å². The zero-order valence-electron chi connectivity index (χ0n) is 15.1. The summed E-state index contributed by atoms with van der Waals surface area (Å²) in [6.45, 7) is 5.96. The van der Waals surface area contributed by atoms with Gasteiger partial charge in [-0.1, -0.05) is 29.3 Å². The van der Waals surface area contributed by atoms with Crippen molar-refractivity contribution >= 4 is 28.9 Å². The minimum atomic E-state index is 0.277. The van der Waals surface area contributed by atoms with E-state index in [4.69, 9.17) is 27.9 Å². The first kappa shape index (κ1) is 17.6. The second-order valence-electron chi connectivity index (χ2n) is 7.53. The molecule has 3 heterocycles. The number of rotatable bonds is 2. The van der Waals surface area contributed by atoms with Crippen molar-refractivity contribution in [3.8, 4) is 16.9 Å². The molecule has 0 radical (unpaired) electrons. The van der Waals surface area contributed by atoms with Crippen LogP contribution in [0, 0.1) is 0 Å². The van der Waals surface area contributed by atoms with Crippen molar-refractivity contribution in [2.75, 3.05) is 44.2 Å². The van der Waals surface area contributed by atoms with Gasteiger partial charge in [-0.3, -0.25) is 0 Å². The molecule has 0 saturated carbocycles. The number of piperidine rings is 1. The molecular weight excluding hydrogens is 381 g/mol. The molecule has 0 spiro atoms. The Labute approximate surface area is 169 Å². The molecule has 27 heavy (non-hydrogen) atoms. The van der Waals surface area contributed by atoms with Gasteiger partial charge >= 0.3 is 0 Å². The van der Waals surface area contributed by atoms with E-state index in [0.29, 0.717) is 16.0 Å². The number of nitrogens with one attached hydrogen (secondary N) is 2. The number of fused-ring (bicyclic) bond motifs is 3. The van der Waals surface area contributed by atoms with E-state index >= 15 is 0 Å². The summed E-state index contributed by atoms with van der Waals surface area (Å²) in [5, 5.41) is 8.31. The highest BCUT2D eigenvalue weighted by atomic mass is 35.5. The first-order valence-corrected chi connectivity index (χ1v) is 10.4. The topological polar surface area (TPSA) is 36.5 Å². The van der Waals surface area contributed by atoms with Gasteiger partial charge in [0.05, 0.1) is 5.69 Å². The van der Waals surface area contributed by atoms with Crippen molar-refractivity contribution in [2.45, 2.75) is 18.4 Å². The van der Waals surface area contributed by atoms with Crippen molar-refractivity contribution < 1.29 is 4.74 Å². The van der Waals surface area contributed by atoms with Crippen molar-refractivity contribution in [3.63, 3.8) is 0 Å². The Kier molecular flexibility index (Phi) is 4.68. The molecule has 2 aromatic carbocycles. The Morgan fingerprint density at radius 2 is 1.85 bits per heavy atom. The number of hydrogen-bond donors (Lipinski definition) is 2. The molecule has 3 aliphatic heterocycles. The van der Waals surface area contributed by atoms with Crippen LogP contribution < -0.4 is 20.3 Å². The Morgan fingerprint density at radius 1 is 1.00 bits per heavy atom. The van der Waals surface area contributed by atoms with Gasteiger partial charge in [-0.2, -0.15) is 0 Å². The number of ether oxygens (including phenoxy) is 1. The van der Waals surface area contributed by atoms with Crippen LogP contribution in [0.15, 0.2) is 30.3 Å². The van der Waals surface area contributed by atoms with E-state index in [1.807, 2.05) is 18.2 Å². The molecule has 0 aliphatic carbocycles. The van der Waals surface area contributed by atoms with Crippen LogP contribution in [0.2, 0.25) is 10.0 Å². The molecule has 3 aliphatic rings. The molecule has 0 unspecified atom stereocenters. The molecular formula is C21H23Cl2N3O. The maximum atomic E-state index is 6.54. The average molecular weight is 404 g/mol. The monoisotopic (exact) mass is 403 g/mol. The predicted octanol–water partition coefficient (Wildman–Crippen LogP) is 3.91. The van der Waals surface area contributed by atoms with Crippen LogP contribution in [0.4, 0.5) is 5.69 Å². The van der Waals surface area contributed by atoms with Gasteiger partial charge in [0.2, 0.25) is 0 Å². The number of benzene rings is 2. The number of hydrogen-bond acceptors (Lipinski definition) is 4. The first-order chi connectivity index (χ1) is 13.2. The number of nitrogens with zero attached hydrogens (tertiary/aromatic N) is 1. The van der Waals surface area contributed by atoms with Crippen LogP contribution in [0.5, 0.6) is 5.75 Å². The summed E-state index contributed by atoms with van der Waals surface area (Å²) >= 11 is 12.7. The SMILES string of the molecule is Clc1ccc(-c2cc3c(c(N4CCNCC4)c2)O[C@H]2CCNC[C@@H]32)c(Cl)c1. The summed E-state index contributed by atoms with van der Waals surface area (Å²) in [7, 11) is 0. The zero-order valence-corrected chi connectivity index (χ0v) is 16.6. The number of halogens is 2. The molecule has 142 valence electrons. The predicted molar refractivity (Wildman–Crippen MR) is 112 cm³/mol. The quantitative estimate of drug-likeness (QED) is 0.796. The lowest BCUT2D eigenvalue weighted by Gasteiger charge is -2.31. The van der Waals surface area contributed by atoms with E-state index < -0.39 is 0 Å².